The third-order valence-corrected chi connectivity index (χ3v) is 6.66. The molecule has 0 spiro atoms. The standard InChI is InChI=1S/C14H18ClN3O2S2/c15-12-3-1-2-4-13(12)22(19,20)18-9-7-17(8-10-18)14(21)16-11-5-6-11/h1-4,11H,5-10H2,(H,16,21). The van der Waals surface area contributed by atoms with E-state index in [0.717, 1.165) is 5.11 Å². The average Bonchev–Trinajstić information content (AvgIpc) is 3.31. The van der Waals surface area contributed by atoms with Crippen LogP contribution in [0, 0.1) is 0 Å². The Labute approximate surface area is 141 Å². The Bertz CT molecular complexity index is 668. The first kappa shape index (κ1) is 16.0. The lowest BCUT2D eigenvalue weighted by Gasteiger charge is -2.35. The summed E-state index contributed by atoms with van der Waals surface area (Å²) in [7, 11) is -3.54. The molecule has 120 valence electrons. The van der Waals surface area contributed by atoms with Crippen LogP contribution >= 0.6 is 23.8 Å². The fourth-order valence-electron chi connectivity index (χ4n) is 2.42. The van der Waals surface area contributed by atoms with E-state index in [2.05, 4.69) is 5.32 Å². The van der Waals surface area contributed by atoms with Crippen LogP contribution < -0.4 is 5.32 Å². The molecule has 0 bridgehead atoms. The van der Waals surface area contributed by atoms with Gasteiger partial charge in [-0.1, -0.05) is 23.7 Å². The first-order chi connectivity index (χ1) is 10.5. The summed E-state index contributed by atoms with van der Waals surface area (Å²) in [4.78, 5) is 2.20. The van der Waals surface area contributed by atoms with Crippen molar-refractivity contribution in [2.75, 3.05) is 26.2 Å². The summed E-state index contributed by atoms with van der Waals surface area (Å²) >= 11 is 11.4. The smallest absolute Gasteiger partial charge is 0.244 e. The highest BCUT2D eigenvalue weighted by Crippen LogP contribution is 2.25. The second-order valence-electron chi connectivity index (χ2n) is 5.55. The van der Waals surface area contributed by atoms with Crippen LogP contribution in [0.4, 0.5) is 0 Å². The molecule has 2 aliphatic rings. The Morgan fingerprint density at radius 1 is 1.18 bits per heavy atom. The molecular weight excluding hydrogens is 342 g/mol. The predicted octanol–water partition coefficient (Wildman–Crippen LogP) is 1.68. The zero-order valence-electron chi connectivity index (χ0n) is 12.0. The molecule has 8 heteroatoms. The van der Waals surface area contributed by atoms with Crippen molar-refractivity contribution in [3.05, 3.63) is 29.3 Å². The molecule has 0 unspecified atom stereocenters. The monoisotopic (exact) mass is 359 g/mol. The van der Waals surface area contributed by atoms with Crippen LogP contribution in [-0.4, -0.2) is 55.0 Å². The minimum absolute atomic E-state index is 0.170. The summed E-state index contributed by atoms with van der Waals surface area (Å²) in [6.45, 7) is 2.03. The molecule has 2 fully saturated rings. The average molecular weight is 360 g/mol. The second-order valence-corrected chi connectivity index (χ2v) is 8.25. The maximum Gasteiger partial charge on any atom is 0.244 e. The first-order valence-electron chi connectivity index (χ1n) is 7.28. The summed E-state index contributed by atoms with van der Waals surface area (Å²) in [6, 6.07) is 7.06. The van der Waals surface area contributed by atoms with Crippen molar-refractivity contribution in [3.8, 4) is 0 Å². The van der Waals surface area contributed by atoms with Gasteiger partial charge in [-0.15, -0.1) is 0 Å². The van der Waals surface area contributed by atoms with Gasteiger partial charge in [-0.2, -0.15) is 4.31 Å². The molecule has 1 heterocycles. The van der Waals surface area contributed by atoms with Gasteiger partial charge >= 0.3 is 0 Å². The van der Waals surface area contributed by atoms with E-state index in [0.29, 0.717) is 32.2 Å². The van der Waals surface area contributed by atoms with Gasteiger partial charge < -0.3 is 10.2 Å². The fourth-order valence-corrected chi connectivity index (χ4v) is 4.68. The van der Waals surface area contributed by atoms with Crippen molar-refractivity contribution in [1.29, 1.82) is 0 Å². The molecule has 0 aromatic heterocycles. The number of piperazine rings is 1. The molecule has 1 aliphatic heterocycles. The number of nitrogens with zero attached hydrogens (tertiary/aromatic N) is 2. The molecule has 1 saturated heterocycles. The van der Waals surface area contributed by atoms with Gasteiger partial charge in [0.25, 0.3) is 0 Å². The number of sulfonamides is 1. The van der Waals surface area contributed by atoms with E-state index in [1.54, 1.807) is 24.3 Å². The van der Waals surface area contributed by atoms with Crippen molar-refractivity contribution >= 4 is 39.0 Å². The topological polar surface area (TPSA) is 52.7 Å². The summed E-state index contributed by atoms with van der Waals surface area (Å²) < 4.78 is 26.8. The van der Waals surface area contributed by atoms with Crippen molar-refractivity contribution < 1.29 is 8.42 Å². The van der Waals surface area contributed by atoms with E-state index in [4.69, 9.17) is 23.8 Å². The van der Waals surface area contributed by atoms with Crippen LogP contribution in [0.1, 0.15) is 12.8 Å². The SMILES string of the molecule is O=S(=O)(c1ccccc1Cl)N1CCN(C(=S)NC2CC2)CC1. The maximum atomic E-state index is 12.6. The minimum atomic E-state index is -3.54. The molecule has 1 N–H and O–H groups in total. The van der Waals surface area contributed by atoms with E-state index in [1.807, 2.05) is 4.90 Å². The molecule has 0 radical (unpaired) electrons. The molecule has 5 nitrogen and oxygen atoms in total. The summed E-state index contributed by atoms with van der Waals surface area (Å²) in [5.41, 5.74) is 0. The Morgan fingerprint density at radius 2 is 1.82 bits per heavy atom. The predicted molar refractivity (Wildman–Crippen MR) is 90.5 cm³/mol. The third-order valence-electron chi connectivity index (χ3n) is 3.89. The highest BCUT2D eigenvalue weighted by Gasteiger charge is 2.31. The van der Waals surface area contributed by atoms with Crippen LogP contribution in [0.15, 0.2) is 29.2 Å². The number of hydrogen-bond donors (Lipinski definition) is 1. The van der Waals surface area contributed by atoms with E-state index < -0.39 is 10.0 Å². The van der Waals surface area contributed by atoms with Gasteiger partial charge in [-0.3, -0.25) is 0 Å². The Kier molecular flexibility index (Phi) is 4.59. The molecular formula is C14H18ClN3O2S2. The quantitative estimate of drug-likeness (QED) is 0.832. The lowest BCUT2D eigenvalue weighted by Crippen LogP contribution is -2.53. The fraction of sp³-hybridized carbons (Fsp3) is 0.500. The highest BCUT2D eigenvalue weighted by atomic mass is 35.5. The normalized spacial score (nSPS) is 20.0. The van der Waals surface area contributed by atoms with Crippen molar-refractivity contribution in [2.45, 2.75) is 23.8 Å². The van der Waals surface area contributed by atoms with E-state index in [1.165, 1.54) is 17.1 Å². The second kappa shape index (κ2) is 6.31. The van der Waals surface area contributed by atoms with Gasteiger partial charge in [0.2, 0.25) is 10.0 Å². The van der Waals surface area contributed by atoms with E-state index in [-0.39, 0.29) is 9.92 Å². The number of benzene rings is 1. The minimum Gasteiger partial charge on any atom is -0.360 e. The lowest BCUT2D eigenvalue weighted by molar-refractivity contribution is 0.264. The molecule has 1 aliphatic carbocycles. The van der Waals surface area contributed by atoms with E-state index in [9.17, 15) is 8.42 Å². The van der Waals surface area contributed by atoms with Crippen LogP contribution in [0.3, 0.4) is 0 Å². The molecule has 0 amide bonds. The Balaban J connectivity index is 1.65. The Morgan fingerprint density at radius 3 is 2.41 bits per heavy atom. The van der Waals surface area contributed by atoms with Crippen molar-refractivity contribution in [3.63, 3.8) is 0 Å². The third kappa shape index (κ3) is 3.37. The van der Waals surface area contributed by atoms with Gasteiger partial charge in [0.1, 0.15) is 4.90 Å². The number of thiocarbonyl (C=S) groups is 1. The molecule has 1 aromatic rings. The van der Waals surface area contributed by atoms with E-state index >= 15 is 0 Å². The van der Waals surface area contributed by atoms with Gasteiger partial charge in [0.15, 0.2) is 5.11 Å². The van der Waals surface area contributed by atoms with Gasteiger partial charge in [0, 0.05) is 32.2 Å². The number of halogens is 1. The van der Waals surface area contributed by atoms with Gasteiger partial charge in [-0.25, -0.2) is 8.42 Å². The highest BCUT2D eigenvalue weighted by molar-refractivity contribution is 7.89. The summed E-state index contributed by atoms with van der Waals surface area (Å²) in [5, 5.41) is 4.28. The summed E-state index contributed by atoms with van der Waals surface area (Å²) in [5.74, 6) is 0. The van der Waals surface area contributed by atoms with Gasteiger partial charge in [0.05, 0.1) is 5.02 Å². The number of hydrogen-bond acceptors (Lipinski definition) is 3. The number of rotatable bonds is 3. The van der Waals surface area contributed by atoms with Crippen molar-refractivity contribution in [1.82, 2.24) is 14.5 Å². The molecule has 1 aromatic carbocycles. The maximum absolute atomic E-state index is 12.6. The molecule has 1 saturated carbocycles. The molecule has 22 heavy (non-hydrogen) atoms. The van der Waals surface area contributed by atoms with Crippen LogP contribution in [0.25, 0.3) is 0 Å². The zero-order chi connectivity index (χ0) is 15.7. The Hall–Kier alpha value is -0.890. The largest absolute Gasteiger partial charge is 0.360 e. The van der Waals surface area contributed by atoms with Crippen molar-refractivity contribution in [2.24, 2.45) is 0 Å². The van der Waals surface area contributed by atoms with Gasteiger partial charge in [-0.05, 0) is 37.2 Å². The van der Waals surface area contributed by atoms with Crippen LogP contribution in [0.5, 0.6) is 0 Å². The number of nitrogens with one attached hydrogen (secondary N) is 1. The summed E-state index contributed by atoms with van der Waals surface area (Å²) in [6.07, 6.45) is 2.34. The molecule has 3 rings (SSSR count). The zero-order valence-corrected chi connectivity index (χ0v) is 14.4. The lowest BCUT2D eigenvalue weighted by atomic mass is 10.4. The molecule has 0 atom stereocenters. The van der Waals surface area contributed by atoms with Crippen LogP contribution in [0.2, 0.25) is 5.02 Å². The van der Waals surface area contributed by atoms with Crippen LogP contribution in [-0.2, 0) is 10.0 Å². The first-order valence-corrected chi connectivity index (χ1v) is 9.51.